The van der Waals surface area contributed by atoms with Crippen LogP contribution in [0.15, 0.2) is 0 Å². The van der Waals surface area contributed by atoms with Gasteiger partial charge in [0.1, 0.15) is 18.3 Å². The van der Waals surface area contributed by atoms with Gasteiger partial charge in [0.15, 0.2) is 6.29 Å². The molecule has 0 radical (unpaired) electrons. The molecule has 6 atom stereocenters. The average Bonchev–Trinajstić information content (AvgIpc) is 2.43. The third kappa shape index (κ3) is 6.89. The van der Waals surface area contributed by atoms with Gasteiger partial charge in [-0.15, -0.1) is 0 Å². The monoisotopic (exact) mass is 329 g/mol. The van der Waals surface area contributed by atoms with Crippen molar-refractivity contribution in [1.29, 1.82) is 0 Å². The molecule has 0 bridgehead atoms. The zero-order chi connectivity index (χ0) is 16.6. The largest absolute Gasteiger partial charge is 0.481 e. The predicted octanol–water partition coefficient (Wildman–Crippen LogP) is -2.28. The fourth-order valence-electron chi connectivity index (χ4n) is 1.81. The molecule has 0 aromatic heterocycles. The number of carboxylic acids is 1. The molecule has 1 saturated heterocycles. The summed E-state index contributed by atoms with van der Waals surface area (Å²) in [5.74, 6) is -0.833. The lowest BCUT2D eigenvalue weighted by molar-refractivity contribution is -0.243. The van der Waals surface area contributed by atoms with Gasteiger partial charge in [-0.05, 0) is 0 Å². The summed E-state index contributed by atoms with van der Waals surface area (Å²) in [5.41, 5.74) is 0. The van der Waals surface area contributed by atoms with E-state index in [1.807, 2.05) is 0 Å². The molecule has 9 nitrogen and oxygen atoms in total. The van der Waals surface area contributed by atoms with Crippen LogP contribution in [-0.2, 0) is 14.3 Å². The molecule has 0 spiro atoms. The Morgan fingerprint density at radius 2 is 2.05 bits per heavy atom. The van der Waals surface area contributed by atoms with Gasteiger partial charge in [0.05, 0.1) is 18.8 Å². The average molecular weight is 329 g/mol. The number of rotatable bonds is 5. The van der Waals surface area contributed by atoms with Gasteiger partial charge in [-0.1, -0.05) is 12.8 Å². The van der Waals surface area contributed by atoms with Gasteiger partial charge in [0.25, 0.3) is 5.97 Å². The van der Waals surface area contributed by atoms with Crippen LogP contribution in [0.1, 0.15) is 13.3 Å². The van der Waals surface area contributed by atoms with Crippen LogP contribution < -0.4 is 4.72 Å². The Kier molecular flexibility index (Phi) is 10.1. The van der Waals surface area contributed by atoms with Crippen molar-refractivity contribution in [3.8, 4) is 0 Å². The van der Waals surface area contributed by atoms with E-state index < -0.39 is 49.3 Å². The van der Waals surface area contributed by atoms with Crippen LogP contribution in [0, 0.1) is 0 Å². The van der Waals surface area contributed by atoms with E-state index in [1.54, 1.807) is 0 Å². The highest BCUT2D eigenvalue weighted by atomic mass is 32.1. The van der Waals surface area contributed by atoms with Gasteiger partial charge < -0.3 is 35.0 Å². The zero-order valence-electron chi connectivity index (χ0n) is 11.8. The quantitative estimate of drug-likeness (QED) is 0.277. The molecular formula is C11H23NO8S. The zero-order valence-corrected chi connectivity index (χ0v) is 12.7. The number of methoxy groups -OCH3 is 1. The molecular weight excluding hydrogens is 306 g/mol. The van der Waals surface area contributed by atoms with E-state index in [2.05, 4.69) is 17.5 Å². The van der Waals surface area contributed by atoms with Crippen molar-refractivity contribution in [3.05, 3.63) is 0 Å². The van der Waals surface area contributed by atoms with Crippen LogP contribution >= 0.6 is 12.8 Å². The number of carbonyl (C=O) groups is 1. The summed E-state index contributed by atoms with van der Waals surface area (Å²) >= 11 is 3.85. The smallest absolute Gasteiger partial charge is 0.300 e. The van der Waals surface area contributed by atoms with Crippen molar-refractivity contribution < 1.29 is 39.8 Å². The Labute approximate surface area is 128 Å². The first-order valence-electron chi connectivity index (χ1n) is 6.20. The lowest BCUT2D eigenvalue weighted by Crippen LogP contribution is -2.60. The molecule has 126 valence electrons. The minimum atomic E-state index is -1.35. The van der Waals surface area contributed by atoms with Gasteiger partial charge >= 0.3 is 0 Å². The van der Waals surface area contributed by atoms with E-state index in [4.69, 9.17) is 24.5 Å². The molecule has 0 amide bonds. The predicted molar refractivity (Wildman–Crippen MR) is 74.6 cm³/mol. The van der Waals surface area contributed by atoms with E-state index in [9.17, 15) is 15.3 Å². The van der Waals surface area contributed by atoms with E-state index in [0.29, 0.717) is 0 Å². The van der Waals surface area contributed by atoms with Crippen molar-refractivity contribution in [2.45, 2.75) is 50.1 Å². The third-order valence-electron chi connectivity index (χ3n) is 2.84. The second-order valence-corrected chi connectivity index (χ2v) is 4.74. The SMILES string of the molecule is CC(=O)O.COC1CC(O)C(NS)C(C(O)C(O)CO)O1. The molecule has 1 aliphatic rings. The minimum Gasteiger partial charge on any atom is -0.481 e. The summed E-state index contributed by atoms with van der Waals surface area (Å²) < 4.78 is 12.9. The molecule has 6 N–H and O–H groups in total. The van der Waals surface area contributed by atoms with Gasteiger partial charge in [0, 0.05) is 20.5 Å². The highest BCUT2D eigenvalue weighted by molar-refractivity contribution is 7.78. The number of thiol groups is 1. The molecule has 6 unspecified atom stereocenters. The highest BCUT2D eigenvalue weighted by Gasteiger charge is 2.43. The van der Waals surface area contributed by atoms with Crippen LogP contribution in [0.4, 0.5) is 0 Å². The number of aliphatic carboxylic acids is 1. The van der Waals surface area contributed by atoms with Crippen LogP contribution in [0.5, 0.6) is 0 Å². The molecule has 1 rings (SSSR count). The first-order chi connectivity index (χ1) is 9.78. The van der Waals surface area contributed by atoms with Crippen molar-refractivity contribution in [1.82, 2.24) is 4.72 Å². The van der Waals surface area contributed by atoms with E-state index in [-0.39, 0.29) is 6.42 Å². The maximum absolute atomic E-state index is 9.82. The Hall–Kier alpha value is -0.460. The fraction of sp³-hybridized carbons (Fsp3) is 0.909. The van der Waals surface area contributed by atoms with E-state index in [0.717, 1.165) is 6.92 Å². The maximum Gasteiger partial charge on any atom is 0.300 e. The molecule has 10 heteroatoms. The second-order valence-electron chi connectivity index (χ2n) is 4.48. The molecule has 1 heterocycles. The molecule has 0 aromatic rings. The summed E-state index contributed by atoms with van der Waals surface area (Å²) in [4.78, 5) is 9.00. The summed E-state index contributed by atoms with van der Waals surface area (Å²) in [6.45, 7) is 0.480. The number of aliphatic hydroxyl groups excluding tert-OH is 4. The summed E-state index contributed by atoms with van der Waals surface area (Å²) in [5, 5.41) is 45.2. The Bertz CT molecular complexity index is 304. The molecule has 1 fully saturated rings. The summed E-state index contributed by atoms with van der Waals surface area (Å²) in [7, 11) is 1.41. The number of nitrogens with one attached hydrogen (secondary N) is 1. The lowest BCUT2D eigenvalue weighted by Gasteiger charge is -2.41. The number of carboxylic acid groups (broad SMARTS) is 1. The standard InChI is InChI=1S/C9H19NO6S.C2H4O2/c1-15-6-2-4(12)7(10-17)9(16-6)8(14)5(13)3-11;1-2(3)4/h4-14,17H,2-3H2,1H3;1H3,(H,3,4). The van der Waals surface area contributed by atoms with Gasteiger partial charge in [-0.25, -0.2) is 0 Å². The van der Waals surface area contributed by atoms with Gasteiger partial charge in [-0.3, -0.25) is 9.52 Å². The van der Waals surface area contributed by atoms with Crippen molar-refractivity contribution in [2.75, 3.05) is 13.7 Å². The number of hydrogen-bond acceptors (Lipinski definition) is 9. The van der Waals surface area contributed by atoms with E-state index in [1.165, 1.54) is 7.11 Å². The first-order valence-corrected chi connectivity index (χ1v) is 6.65. The molecule has 0 aromatic carbocycles. The number of aliphatic hydroxyl groups is 4. The lowest BCUT2D eigenvalue weighted by atomic mass is 9.93. The number of ether oxygens (including phenoxy) is 2. The van der Waals surface area contributed by atoms with Crippen molar-refractivity contribution in [2.24, 2.45) is 0 Å². The van der Waals surface area contributed by atoms with E-state index >= 15 is 0 Å². The van der Waals surface area contributed by atoms with Crippen LogP contribution in [-0.4, -0.2) is 82.0 Å². The van der Waals surface area contributed by atoms with Crippen molar-refractivity contribution >= 4 is 18.8 Å². The minimum absolute atomic E-state index is 0.229. The molecule has 1 aliphatic heterocycles. The molecule has 0 aliphatic carbocycles. The fourth-order valence-corrected chi connectivity index (χ4v) is 2.13. The number of hydrogen-bond donors (Lipinski definition) is 7. The summed E-state index contributed by atoms with van der Waals surface area (Å²) in [6.07, 6.45) is -4.91. The third-order valence-corrected chi connectivity index (χ3v) is 3.14. The van der Waals surface area contributed by atoms with Crippen molar-refractivity contribution in [3.63, 3.8) is 0 Å². The maximum atomic E-state index is 9.82. The van der Waals surface area contributed by atoms with Crippen LogP contribution in [0.3, 0.4) is 0 Å². The van der Waals surface area contributed by atoms with Crippen LogP contribution in [0.2, 0.25) is 0 Å². The Morgan fingerprint density at radius 3 is 2.43 bits per heavy atom. The first kappa shape index (κ1) is 20.5. The Balaban J connectivity index is 0.000000885. The van der Waals surface area contributed by atoms with Crippen LogP contribution in [0.25, 0.3) is 0 Å². The van der Waals surface area contributed by atoms with Gasteiger partial charge in [-0.2, -0.15) is 0 Å². The summed E-state index contributed by atoms with van der Waals surface area (Å²) in [6, 6.07) is -0.666. The highest BCUT2D eigenvalue weighted by Crippen LogP contribution is 2.24. The topological polar surface area (TPSA) is 149 Å². The molecule has 0 saturated carbocycles. The molecule has 21 heavy (non-hydrogen) atoms. The normalized spacial score (nSPS) is 31.8. The second kappa shape index (κ2) is 10.3. The van der Waals surface area contributed by atoms with Gasteiger partial charge in [0.2, 0.25) is 0 Å². The Morgan fingerprint density at radius 1 is 1.52 bits per heavy atom.